The number of hydrogen-bond acceptors (Lipinski definition) is 2. The molecule has 2 heteroatoms. The molecule has 0 N–H and O–H groups in total. The first kappa shape index (κ1) is 7.84. The first-order chi connectivity index (χ1) is 5.57. The molecule has 0 aromatic rings. The molecule has 0 spiro atoms. The third-order valence-corrected chi connectivity index (χ3v) is 2.49. The van der Waals surface area contributed by atoms with Crippen LogP contribution in [0.5, 0.6) is 0 Å². The molecule has 0 aromatic heterocycles. The van der Waals surface area contributed by atoms with Crippen LogP contribution in [0.2, 0.25) is 0 Å². The van der Waals surface area contributed by atoms with Crippen molar-refractivity contribution in [1.82, 2.24) is 4.90 Å². The van der Waals surface area contributed by atoms with Crippen molar-refractivity contribution in [1.29, 1.82) is 0 Å². The van der Waals surface area contributed by atoms with Crippen LogP contribution in [0.4, 0.5) is 0 Å². The van der Waals surface area contributed by atoms with Crippen LogP contribution in [0.1, 0.15) is 26.7 Å². The van der Waals surface area contributed by atoms with Gasteiger partial charge < -0.3 is 4.90 Å². The summed E-state index contributed by atoms with van der Waals surface area (Å²) in [5.74, 6) is 0.299. The Morgan fingerprint density at radius 1 is 1.33 bits per heavy atom. The smallest absolute Gasteiger partial charge is 0.157 e. The lowest BCUT2D eigenvalue weighted by molar-refractivity contribution is -0.117. The summed E-state index contributed by atoms with van der Waals surface area (Å²) in [4.78, 5) is 13.6. The second-order valence-electron chi connectivity index (χ2n) is 4.61. The van der Waals surface area contributed by atoms with E-state index in [4.69, 9.17) is 0 Å². The van der Waals surface area contributed by atoms with Crippen LogP contribution in [0, 0.1) is 5.41 Å². The van der Waals surface area contributed by atoms with Gasteiger partial charge in [0.1, 0.15) is 0 Å². The number of allylic oxidation sites excluding steroid dienone is 2. The normalized spacial score (nSPS) is 27.0. The zero-order valence-electron chi connectivity index (χ0n) is 7.76. The highest BCUT2D eigenvalue weighted by atomic mass is 16.1. The molecule has 0 saturated carbocycles. The van der Waals surface area contributed by atoms with Gasteiger partial charge in [-0.05, 0) is 11.8 Å². The summed E-state index contributed by atoms with van der Waals surface area (Å²) in [7, 11) is 0. The standard InChI is InChI=1S/C10H15NO/c1-10(2)6-8(11-3-4-11)5-9(12)7-10/h5H,3-4,6-7H2,1-2H3. The average Bonchev–Trinajstić information content (AvgIpc) is 2.61. The van der Waals surface area contributed by atoms with Crippen LogP contribution in [-0.4, -0.2) is 23.8 Å². The summed E-state index contributed by atoms with van der Waals surface area (Å²) in [6.45, 7) is 6.63. The van der Waals surface area contributed by atoms with Crippen LogP contribution in [0.3, 0.4) is 0 Å². The number of hydrogen-bond donors (Lipinski definition) is 0. The second-order valence-corrected chi connectivity index (χ2v) is 4.61. The Bertz CT molecular complexity index is 249. The van der Waals surface area contributed by atoms with Gasteiger partial charge in [0, 0.05) is 31.3 Å². The summed E-state index contributed by atoms with van der Waals surface area (Å²) in [6, 6.07) is 0. The van der Waals surface area contributed by atoms with Gasteiger partial charge in [-0.25, -0.2) is 0 Å². The topological polar surface area (TPSA) is 20.1 Å². The molecule has 0 amide bonds. The molecule has 2 nitrogen and oxygen atoms in total. The van der Waals surface area contributed by atoms with Crippen LogP contribution >= 0.6 is 0 Å². The van der Waals surface area contributed by atoms with Crippen LogP contribution < -0.4 is 0 Å². The van der Waals surface area contributed by atoms with Crippen molar-refractivity contribution in [3.8, 4) is 0 Å². The highest BCUT2D eigenvalue weighted by molar-refractivity contribution is 5.91. The number of ketones is 1. The molecule has 0 aromatic carbocycles. The van der Waals surface area contributed by atoms with Crippen molar-refractivity contribution in [3.05, 3.63) is 11.8 Å². The molecule has 0 atom stereocenters. The fourth-order valence-corrected chi connectivity index (χ4v) is 1.85. The second kappa shape index (κ2) is 2.35. The maximum absolute atomic E-state index is 11.3. The van der Waals surface area contributed by atoms with Crippen molar-refractivity contribution in [2.75, 3.05) is 13.1 Å². The van der Waals surface area contributed by atoms with Gasteiger partial charge in [0.25, 0.3) is 0 Å². The van der Waals surface area contributed by atoms with Crippen LogP contribution in [-0.2, 0) is 4.79 Å². The average molecular weight is 165 g/mol. The van der Waals surface area contributed by atoms with E-state index in [2.05, 4.69) is 18.7 Å². The van der Waals surface area contributed by atoms with Crippen molar-refractivity contribution in [2.24, 2.45) is 5.41 Å². The van der Waals surface area contributed by atoms with E-state index in [1.807, 2.05) is 6.08 Å². The largest absolute Gasteiger partial charge is 0.371 e. The minimum atomic E-state index is 0.184. The van der Waals surface area contributed by atoms with E-state index in [-0.39, 0.29) is 5.41 Å². The molecule has 1 aliphatic heterocycles. The Kier molecular flexibility index (Phi) is 1.53. The lowest BCUT2D eigenvalue weighted by atomic mass is 9.79. The van der Waals surface area contributed by atoms with Gasteiger partial charge in [-0.3, -0.25) is 4.79 Å². The summed E-state index contributed by atoms with van der Waals surface area (Å²) >= 11 is 0. The predicted octanol–water partition coefficient (Wildman–Crippen LogP) is 1.57. The Hall–Kier alpha value is -0.790. The lowest BCUT2D eigenvalue weighted by Gasteiger charge is -2.29. The predicted molar refractivity (Wildman–Crippen MR) is 47.7 cm³/mol. The monoisotopic (exact) mass is 165 g/mol. The molecule has 1 heterocycles. The Morgan fingerprint density at radius 3 is 2.50 bits per heavy atom. The SMILES string of the molecule is CC1(C)CC(=O)C=C(N2CC2)C1. The molecule has 1 aliphatic carbocycles. The lowest BCUT2D eigenvalue weighted by Crippen LogP contribution is -2.24. The van der Waals surface area contributed by atoms with E-state index in [1.54, 1.807) is 0 Å². The minimum absolute atomic E-state index is 0.184. The maximum Gasteiger partial charge on any atom is 0.157 e. The van der Waals surface area contributed by atoms with E-state index >= 15 is 0 Å². The van der Waals surface area contributed by atoms with E-state index in [0.29, 0.717) is 12.2 Å². The van der Waals surface area contributed by atoms with E-state index < -0.39 is 0 Å². The molecule has 66 valence electrons. The number of carbonyl (C=O) groups is 1. The van der Waals surface area contributed by atoms with Crippen molar-refractivity contribution in [2.45, 2.75) is 26.7 Å². The maximum atomic E-state index is 11.3. The number of nitrogens with zero attached hydrogens (tertiary/aromatic N) is 1. The Morgan fingerprint density at radius 2 is 2.00 bits per heavy atom. The minimum Gasteiger partial charge on any atom is -0.371 e. The van der Waals surface area contributed by atoms with Gasteiger partial charge in [0.15, 0.2) is 5.78 Å². The highest BCUT2D eigenvalue weighted by Gasteiger charge is 2.32. The van der Waals surface area contributed by atoms with E-state index in [9.17, 15) is 4.79 Å². The van der Waals surface area contributed by atoms with Gasteiger partial charge in [0.2, 0.25) is 0 Å². The zero-order chi connectivity index (χ0) is 8.77. The molecule has 2 aliphatic rings. The van der Waals surface area contributed by atoms with Gasteiger partial charge >= 0.3 is 0 Å². The van der Waals surface area contributed by atoms with E-state index in [1.165, 1.54) is 5.70 Å². The quantitative estimate of drug-likeness (QED) is 0.550. The zero-order valence-corrected chi connectivity index (χ0v) is 7.76. The molecule has 12 heavy (non-hydrogen) atoms. The van der Waals surface area contributed by atoms with E-state index in [0.717, 1.165) is 19.5 Å². The fraction of sp³-hybridized carbons (Fsp3) is 0.700. The molecule has 0 bridgehead atoms. The van der Waals surface area contributed by atoms with Crippen LogP contribution in [0.25, 0.3) is 0 Å². The third kappa shape index (κ3) is 1.52. The van der Waals surface area contributed by atoms with Crippen molar-refractivity contribution < 1.29 is 4.79 Å². The van der Waals surface area contributed by atoms with Gasteiger partial charge in [-0.15, -0.1) is 0 Å². The van der Waals surface area contributed by atoms with Gasteiger partial charge in [-0.2, -0.15) is 0 Å². The molecule has 1 fully saturated rings. The number of rotatable bonds is 1. The summed E-state index contributed by atoms with van der Waals surface area (Å²) < 4.78 is 0. The summed E-state index contributed by atoms with van der Waals surface area (Å²) in [5, 5.41) is 0. The van der Waals surface area contributed by atoms with Gasteiger partial charge in [-0.1, -0.05) is 13.8 Å². The first-order valence-electron chi connectivity index (χ1n) is 4.55. The van der Waals surface area contributed by atoms with Crippen molar-refractivity contribution >= 4 is 5.78 Å². The highest BCUT2D eigenvalue weighted by Crippen LogP contribution is 2.36. The first-order valence-corrected chi connectivity index (χ1v) is 4.55. The van der Waals surface area contributed by atoms with Crippen LogP contribution in [0.15, 0.2) is 11.8 Å². The fourth-order valence-electron chi connectivity index (χ4n) is 1.85. The number of carbonyl (C=O) groups excluding carboxylic acids is 1. The van der Waals surface area contributed by atoms with Gasteiger partial charge in [0.05, 0.1) is 0 Å². The molecular formula is C10H15NO. The molecule has 1 saturated heterocycles. The molecule has 0 unspecified atom stereocenters. The molecular weight excluding hydrogens is 150 g/mol. The Labute approximate surface area is 73.2 Å². The Balaban J connectivity index is 2.17. The molecule has 0 radical (unpaired) electrons. The summed E-state index contributed by atoms with van der Waals surface area (Å²) in [5.41, 5.74) is 1.44. The molecule has 2 rings (SSSR count). The third-order valence-electron chi connectivity index (χ3n) is 2.49. The van der Waals surface area contributed by atoms with Crippen molar-refractivity contribution in [3.63, 3.8) is 0 Å². The summed E-state index contributed by atoms with van der Waals surface area (Å²) in [6.07, 6.45) is 3.61.